The summed E-state index contributed by atoms with van der Waals surface area (Å²) >= 11 is 5.24. The van der Waals surface area contributed by atoms with E-state index in [-0.39, 0.29) is 0 Å². The zero-order valence-electron chi connectivity index (χ0n) is 10.1. The predicted octanol–water partition coefficient (Wildman–Crippen LogP) is 3.19. The van der Waals surface area contributed by atoms with Gasteiger partial charge in [-0.25, -0.2) is 0 Å². The summed E-state index contributed by atoms with van der Waals surface area (Å²) in [5.41, 5.74) is 0. The molecule has 1 atom stereocenters. The van der Waals surface area contributed by atoms with Gasteiger partial charge in [-0.3, -0.25) is 5.10 Å². The van der Waals surface area contributed by atoms with Crippen LogP contribution < -0.4 is 0 Å². The van der Waals surface area contributed by atoms with E-state index in [4.69, 9.17) is 12.2 Å². The molecule has 0 aliphatic carbocycles. The fourth-order valence-corrected chi connectivity index (χ4v) is 1.68. The molecule has 0 spiro atoms. The topological polar surface area (TPSA) is 33.6 Å². The van der Waals surface area contributed by atoms with Gasteiger partial charge in [0.2, 0.25) is 0 Å². The second-order valence-electron chi connectivity index (χ2n) is 4.53. The molecule has 0 bridgehead atoms. The third kappa shape index (κ3) is 3.16. The summed E-state index contributed by atoms with van der Waals surface area (Å²) in [5, 5.41) is 7.15. The van der Waals surface area contributed by atoms with Crippen LogP contribution in [0.4, 0.5) is 0 Å². The van der Waals surface area contributed by atoms with E-state index in [1.807, 2.05) is 0 Å². The van der Waals surface area contributed by atoms with Gasteiger partial charge in [-0.05, 0) is 30.5 Å². The van der Waals surface area contributed by atoms with Crippen LogP contribution in [0.5, 0.6) is 0 Å². The molecule has 0 saturated heterocycles. The lowest BCUT2D eigenvalue weighted by molar-refractivity contribution is 0.357. The number of nitrogens with one attached hydrogen (secondary N) is 1. The fourth-order valence-electron chi connectivity index (χ4n) is 1.45. The first-order chi connectivity index (χ1) is 7.06. The summed E-state index contributed by atoms with van der Waals surface area (Å²) < 4.78 is 2.90. The highest BCUT2D eigenvalue weighted by Crippen LogP contribution is 2.14. The highest BCUT2D eigenvalue weighted by Gasteiger charge is 2.11. The SMILES string of the molecule is CCCc1n[nH]c(=S)n1CC(C)C(C)C. The van der Waals surface area contributed by atoms with Crippen molar-refractivity contribution in [1.29, 1.82) is 0 Å². The minimum Gasteiger partial charge on any atom is -0.304 e. The summed E-state index contributed by atoms with van der Waals surface area (Å²) in [6, 6.07) is 0. The quantitative estimate of drug-likeness (QED) is 0.784. The van der Waals surface area contributed by atoms with Crippen LogP contribution in [0.15, 0.2) is 0 Å². The van der Waals surface area contributed by atoms with Crippen molar-refractivity contribution in [2.45, 2.75) is 47.1 Å². The van der Waals surface area contributed by atoms with E-state index in [1.54, 1.807) is 0 Å². The molecule has 0 radical (unpaired) electrons. The standard InChI is InChI=1S/C11H21N3S/c1-5-6-10-12-13-11(15)14(10)7-9(4)8(2)3/h8-9H,5-7H2,1-4H3,(H,13,15). The van der Waals surface area contributed by atoms with Gasteiger partial charge in [0, 0.05) is 13.0 Å². The molecule has 1 heterocycles. The molecule has 86 valence electrons. The van der Waals surface area contributed by atoms with Crippen molar-refractivity contribution in [3.05, 3.63) is 10.6 Å². The maximum Gasteiger partial charge on any atom is 0.195 e. The van der Waals surface area contributed by atoms with Crippen molar-refractivity contribution >= 4 is 12.2 Å². The number of hydrogen-bond donors (Lipinski definition) is 1. The van der Waals surface area contributed by atoms with Crippen molar-refractivity contribution in [1.82, 2.24) is 14.8 Å². The van der Waals surface area contributed by atoms with E-state index in [2.05, 4.69) is 42.5 Å². The third-order valence-electron chi connectivity index (χ3n) is 2.92. The van der Waals surface area contributed by atoms with E-state index in [0.29, 0.717) is 11.8 Å². The van der Waals surface area contributed by atoms with Crippen molar-refractivity contribution in [3.63, 3.8) is 0 Å². The van der Waals surface area contributed by atoms with Gasteiger partial charge in [0.15, 0.2) is 4.77 Å². The number of aryl methyl sites for hydroxylation is 1. The molecule has 1 aromatic heterocycles. The molecule has 0 aromatic carbocycles. The van der Waals surface area contributed by atoms with E-state index in [0.717, 1.165) is 30.0 Å². The molecule has 0 amide bonds. The lowest BCUT2D eigenvalue weighted by Crippen LogP contribution is -2.15. The van der Waals surface area contributed by atoms with Crippen molar-refractivity contribution in [2.24, 2.45) is 11.8 Å². The fraction of sp³-hybridized carbons (Fsp3) is 0.818. The van der Waals surface area contributed by atoms with Gasteiger partial charge in [-0.1, -0.05) is 27.7 Å². The van der Waals surface area contributed by atoms with Gasteiger partial charge in [-0.2, -0.15) is 5.10 Å². The smallest absolute Gasteiger partial charge is 0.195 e. The monoisotopic (exact) mass is 227 g/mol. The summed E-state index contributed by atoms with van der Waals surface area (Å²) in [5.74, 6) is 2.40. The number of rotatable bonds is 5. The number of H-pyrrole nitrogens is 1. The van der Waals surface area contributed by atoms with E-state index in [1.165, 1.54) is 0 Å². The summed E-state index contributed by atoms with van der Waals surface area (Å²) in [4.78, 5) is 0. The van der Waals surface area contributed by atoms with Crippen LogP contribution in [0, 0.1) is 16.6 Å². The molecular formula is C11H21N3S. The maximum absolute atomic E-state index is 5.24. The van der Waals surface area contributed by atoms with Crippen LogP contribution in [0.2, 0.25) is 0 Å². The molecule has 0 aliphatic rings. The van der Waals surface area contributed by atoms with E-state index in [9.17, 15) is 0 Å². The Morgan fingerprint density at radius 3 is 2.60 bits per heavy atom. The van der Waals surface area contributed by atoms with Crippen LogP contribution in [0.25, 0.3) is 0 Å². The predicted molar refractivity (Wildman–Crippen MR) is 65.4 cm³/mol. The van der Waals surface area contributed by atoms with Crippen LogP contribution >= 0.6 is 12.2 Å². The van der Waals surface area contributed by atoms with Crippen LogP contribution in [0.3, 0.4) is 0 Å². The normalized spacial score (nSPS) is 13.4. The van der Waals surface area contributed by atoms with Crippen LogP contribution in [0.1, 0.15) is 39.9 Å². The first-order valence-corrected chi connectivity index (χ1v) is 6.11. The van der Waals surface area contributed by atoms with Gasteiger partial charge >= 0.3 is 0 Å². The summed E-state index contributed by atoms with van der Waals surface area (Å²) in [6.07, 6.45) is 2.10. The largest absolute Gasteiger partial charge is 0.304 e. The Bertz CT molecular complexity index is 351. The third-order valence-corrected chi connectivity index (χ3v) is 3.23. The lowest BCUT2D eigenvalue weighted by atomic mass is 9.98. The Hall–Kier alpha value is -0.640. The summed E-state index contributed by atoms with van der Waals surface area (Å²) in [6.45, 7) is 9.88. The molecule has 0 fully saturated rings. The average Bonchev–Trinajstić information content (AvgIpc) is 2.50. The second-order valence-corrected chi connectivity index (χ2v) is 4.91. The maximum atomic E-state index is 5.24. The molecule has 1 N–H and O–H groups in total. The molecule has 3 nitrogen and oxygen atoms in total. The molecule has 1 unspecified atom stereocenters. The number of aromatic nitrogens is 3. The molecule has 0 saturated carbocycles. The van der Waals surface area contributed by atoms with Gasteiger partial charge in [0.1, 0.15) is 5.82 Å². The minimum atomic E-state index is 0.630. The van der Waals surface area contributed by atoms with Crippen molar-refractivity contribution in [2.75, 3.05) is 0 Å². The second kappa shape index (κ2) is 5.45. The average molecular weight is 227 g/mol. The van der Waals surface area contributed by atoms with Crippen LogP contribution in [-0.4, -0.2) is 14.8 Å². The molecular weight excluding hydrogens is 206 g/mol. The Kier molecular flexibility index (Phi) is 4.51. The molecule has 0 aliphatic heterocycles. The number of nitrogens with zero attached hydrogens (tertiary/aromatic N) is 2. The highest BCUT2D eigenvalue weighted by atomic mass is 32.1. The first kappa shape index (κ1) is 12.4. The Morgan fingerprint density at radius 1 is 1.40 bits per heavy atom. The molecule has 1 aromatic rings. The van der Waals surface area contributed by atoms with Crippen LogP contribution in [-0.2, 0) is 13.0 Å². The lowest BCUT2D eigenvalue weighted by Gasteiger charge is -2.16. The van der Waals surface area contributed by atoms with Gasteiger partial charge in [0.05, 0.1) is 0 Å². The van der Waals surface area contributed by atoms with Crippen molar-refractivity contribution in [3.8, 4) is 0 Å². The van der Waals surface area contributed by atoms with Gasteiger partial charge < -0.3 is 4.57 Å². The highest BCUT2D eigenvalue weighted by molar-refractivity contribution is 7.71. The van der Waals surface area contributed by atoms with E-state index < -0.39 is 0 Å². The van der Waals surface area contributed by atoms with Gasteiger partial charge in [-0.15, -0.1) is 0 Å². The Labute approximate surface area is 96.9 Å². The van der Waals surface area contributed by atoms with Gasteiger partial charge in [0.25, 0.3) is 0 Å². The zero-order valence-corrected chi connectivity index (χ0v) is 10.9. The Morgan fingerprint density at radius 2 is 2.07 bits per heavy atom. The number of hydrogen-bond acceptors (Lipinski definition) is 2. The molecule has 4 heteroatoms. The van der Waals surface area contributed by atoms with E-state index >= 15 is 0 Å². The molecule has 1 rings (SSSR count). The zero-order chi connectivity index (χ0) is 11.4. The first-order valence-electron chi connectivity index (χ1n) is 5.70. The van der Waals surface area contributed by atoms with Crippen molar-refractivity contribution < 1.29 is 0 Å². The Balaban J connectivity index is 2.83. The minimum absolute atomic E-state index is 0.630. The number of aromatic amines is 1. The molecule has 15 heavy (non-hydrogen) atoms. The summed E-state index contributed by atoms with van der Waals surface area (Å²) in [7, 11) is 0.